The van der Waals surface area contributed by atoms with Crippen molar-refractivity contribution < 1.29 is 14.0 Å². The molecule has 1 aliphatic rings. The Hall–Kier alpha value is -2.79. The van der Waals surface area contributed by atoms with Gasteiger partial charge >= 0.3 is 0 Å². The highest BCUT2D eigenvalue weighted by Gasteiger charge is 2.19. The monoisotopic (exact) mass is 382 g/mol. The summed E-state index contributed by atoms with van der Waals surface area (Å²) in [4.78, 5) is 4.49. The van der Waals surface area contributed by atoms with E-state index in [-0.39, 0.29) is 5.41 Å². The average molecular weight is 383 g/mol. The molecule has 2 heterocycles. The average Bonchev–Trinajstić information content (AvgIpc) is 3.33. The fourth-order valence-corrected chi connectivity index (χ4v) is 3.09. The zero-order valence-electron chi connectivity index (χ0n) is 15.3. The fourth-order valence-electron chi connectivity index (χ4n) is 2.82. The van der Waals surface area contributed by atoms with Crippen LogP contribution in [0, 0.1) is 0 Å². The second-order valence-corrected chi connectivity index (χ2v) is 7.77. The first-order chi connectivity index (χ1) is 12.9. The summed E-state index contributed by atoms with van der Waals surface area (Å²) in [5.74, 6) is 0.894. The van der Waals surface area contributed by atoms with Gasteiger partial charge in [0.2, 0.25) is 5.82 Å². The Morgan fingerprint density at radius 3 is 2.30 bits per heavy atom. The third-order valence-corrected chi connectivity index (χ3v) is 4.70. The SMILES string of the molecule is CC(C)(C)c1ccc(-c2nc(-c3ccc(C4OC=CO4)cc3Cl)no2)cc1. The van der Waals surface area contributed by atoms with Crippen LogP contribution in [0.2, 0.25) is 5.02 Å². The van der Waals surface area contributed by atoms with E-state index in [2.05, 4.69) is 43.0 Å². The van der Waals surface area contributed by atoms with Crippen molar-refractivity contribution >= 4 is 11.6 Å². The van der Waals surface area contributed by atoms with Crippen molar-refractivity contribution in [2.75, 3.05) is 0 Å². The van der Waals surface area contributed by atoms with E-state index in [0.29, 0.717) is 22.3 Å². The molecule has 2 aromatic carbocycles. The molecule has 0 aliphatic carbocycles. The standard InChI is InChI=1S/C21H19ClN2O3/c1-21(2,3)15-7-4-13(5-8-15)19-23-18(24-27-19)16-9-6-14(12-17(16)22)20-25-10-11-26-20/h4-12,20H,1-3H3. The summed E-state index contributed by atoms with van der Waals surface area (Å²) in [6, 6.07) is 13.6. The van der Waals surface area contributed by atoms with Crippen LogP contribution in [-0.4, -0.2) is 10.1 Å². The number of hydrogen-bond acceptors (Lipinski definition) is 5. The van der Waals surface area contributed by atoms with E-state index in [1.54, 1.807) is 6.07 Å². The highest BCUT2D eigenvalue weighted by molar-refractivity contribution is 6.33. The van der Waals surface area contributed by atoms with E-state index in [4.69, 9.17) is 25.6 Å². The molecule has 0 saturated heterocycles. The number of benzene rings is 2. The highest BCUT2D eigenvalue weighted by Crippen LogP contribution is 2.33. The van der Waals surface area contributed by atoms with Gasteiger partial charge in [-0.3, -0.25) is 0 Å². The molecule has 0 N–H and O–H groups in total. The van der Waals surface area contributed by atoms with Crippen molar-refractivity contribution in [3.05, 3.63) is 71.1 Å². The number of halogens is 1. The minimum Gasteiger partial charge on any atom is -0.455 e. The summed E-state index contributed by atoms with van der Waals surface area (Å²) in [6.07, 6.45) is 2.53. The molecular weight excluding hydrogens is 364 g/mol. The predicted octanol–water partition coefficient (Wildman–Crippen LogP) is 5.87. The highest BCUT2D eigenvalue weighted by atomic mass is 35.5. The molecule has 0 fully saturated rings. The van der Waals surface area contributed by atoms with Gasteiger partial charge in [0.25, 0.3) is 12.2 Å². The lowest BCUT2D eigenvalue weighted by Gasteiger charge is -2.18. The van der Waals surface area contributed by atoms with Gasteiger partial charge in [-0.25, -0.2) is 0 Å². The van der Waals surface area contributed by atoms with E-state index in [0.717, 1.165) is 11.1 Å². The van der Waals surface area contributed by atoms with Gasteiger partial charge < -0.3 is 14.0 Å². The molecule has 5 nitrogen and oxygen atoms in total. The molecule has 0 atom stereocenters. The molecule has 0 saturated carbocycles. The van der Waals surface area contributed by atoms with Crippen LogP contribution in [0.1, 0.15) is 38.2 Å². The van der Waals surface area contributed by atoms with Gasteiger partial charge in [0.15, 0.2) is 0 Å². The summed E-state index contributed by atoms with van der Waals surface area (Å²) in [7, 11) is 0. The Balaban J connectivity index is 1.59. The largest absolute Gasteiger partial charge is 0.455 e. The fraction of sp³-hybridized carbons (Fsp3) is 0.238. The van der Waals surface area contributed by atoms with E-state index < -0.39 is 6.29 Å². The van der Waals surface area contributed by atoms with E-state index >= 15 is 0 Å². The molecule has 1 aromatic heterocycles. The third kappa shape index (κ3) is 3.55. The lowest BCUT2D eigenvalue weighted by atomic mass is 9.87. The molecule has 4 rings (SSSR count). The quantitative estimate of drug-likeness (QED) is 0.566. The Labute approximate surface area is 162 Å². The minimum absolute atomic E-state index is 0.0933. The number of rotatable bonds is 3. The molecular formula is C21H19ClN2O3. The molecule has 27 heavy (non-hydrogen) atoms. The molecule has 3 aromatic rings. The predicted molar refractivity (Wildman–Crippen MR) is 103 cm³/mol. The number of aromatic nitrogens is 2. The van der Waals surface area contributed by atoms with Crippen LogP contribution in [0.5, 0.6) is 0 Å². The topological polar surface area (TPSA) is 57.4 Å². The molecule has 0 radical (unpaired) electrons. The summed E-state index contributed by atoms with van der Waals surface area (Å²) in [5.41, 5.74) is 3.71. The number of nitrogens with zero attached hydrogens (tertiary/aromatic N) is 2. The van der Waals surface area contributed by atoms with Crippen molar-refractivity contribution in [3.63, 3.8) is 0 Å². The number of hydrogen-bond donors (Lipinski definition) is 0. The van der Waals surface area contributed by atoms with Gasteiger partial charge in [-0.15, -0.1) is 0 Å². The van der Waals surface area contributed by atoms with Gasteiger partial charge in [0.1, 0.15) is 12.5 Å². The maximum atomic E-state index is 6.42. The second-order valence-electron chi connectivity index (χ2n) is 7.37. The molecule has 0 unspecified atom stereocenters. The van der Waals surface area contributed by atoms with Crippen molar-refractivity contribution in [1.29, 1.82) is 0 Å². The van der Waals surface area contributed by atoms with Crippen LogP contribution in [0.3, 0.4) is 0 Å². The van der Waals surface area contributed by atoms with Gasteiger partial charge in [-0.1, -0.05) is 55.7 Å². The summed E-state index contributed by atoms with van der Waals surface area (Å²) in [5, 5.41) is 4.58. The molecule has 6 heteroatoms. The molecule has 1 aliphatic heterocycles. The van der Waals surface area contributed by atoms with Gasteiger partial charge in [-0.05, 0) is 35.2 Å². The maximum absolute atomic E-state index is 6.42. The zero-order chi connectivity index (χ0) is 19.0. The Kier molecular flexibility index (Phi) is 4.40. The van der Waals surface area contributed by atoms with E-state index in [9.17, 15) is 0 Å². The zero-order valence-corrected chi connectivity index (χ0v) is 16.0. The van der Waals surface area contributed by atoms with Crippen molar-refractivity contribution in [1.82, 2.24) is 10.1 Å². The van der Waals surface area contributed by atoms with Crippen LogP contribution in [0.4, 0.5) is 0 Å². The summed E-state index contributed by atoms with van der Waals surface area (Å²) in [6.45, 7) is 6.53. The Morgan fingerprint density at radius 1 is 0.963 bits per heavy atom. The van der Waals surface area contributed by atoms with Crippen molar-refractivity contribution in [2.45, 2.75) is 32.5 Å². The normalized spacial score (nSPS) is 14.2. The smallest absolute Gasteiger partial charge is 0.266 e. The van der Waals surface area contributed by atoms with Crippen LogP contribution in [-0.2, 0) is 14.9 Å². The minimum atomic E-state index is -0.473. The van der Waals surface area contributed by atoms with E-state index in [1.807, 2.05) is 24.3 Å². The molecule has 0 amide bonds. The van der Waals surface area contributed by atoms with Crippen molar-refractivity contribution in [3.8, 4) is 22.8 Å². The Morgan fingerprint density at radius 2 is 1.67 bits per heavy atom. The van der Waals surface area contributed by atoms with Gasteiger partial charge in [0, 0.05) is 16.7 Å². The van der Waals surface area contributed by atoms with Crippen LogP contribution in [0.15, 0.2) is 59.5 Å². The first-order valence-corrected chi connectivity index (χ1v) is 9.00. The van der Waals surface area contributed by atoms with Crippen LogP contribution < -0.4 is 0 Å². The van der Waals surface area contributed by atoms with Crippen LogP contribution >= 0.6 is 11.6 Å². The molecule has 0 bridgehead atoms. The maximum Gasteiger partial charge on any atom is 0.266 e. The van der Waals surface area contributed by atoms with Gasteiger partial charge in [-0.2, -0.15) is 4.98 Å². The third-order valence-electron chi connectivity index (χ3n) is 4.39. The first-order valence-electron chi connectivity index (χ1n) is 8.62. The first kappa shape index (κ1) is 17.6. The lowest BCUT2D eigenvalue weighted by molar-refractivity contribution is -0.0245. The van der Waals surface area contributed by atoms with Crippen molar-refractivity contribution in [2.24, 2.45) is 0 Å². The van der Waals surface area contributed by atoms with Gasteiger partial charge in [0.05, 0.1) is 5.02 Å². The summed E-state index contributed by atoms with van der Waals surface area (Å²) >= 11 is 6.42. The van der Waals surface area contributed by atoms with E-state index in [1.165, 1.54) is 18.1 Å². The second kappa shape index (κ2) is 6.74. The molecule has 138 valence electrons. The lowest BCUT2D eigenvalue weighted by Crippen LogP contribution is -2.10. The summed E-state index contributed by atoms with van der Waals surface area (Å²) < 4.78 is 16.1. The Bertz CT molecular complexity index is 979. The molecule has 0 spiro atoms. The van der Waals surface area contributed by atoms with Crippen LogP contribution in [0.25, 0.3) is 22.8 Å². The number of ether oxygens (including phenoxy) is 2.